The molecule has 3 heterocycles. The van der Waals surface area contributed by atoms with Gasteiger partial charge < -0.3 is 14.4 Å². The fraction of sp³-hybridized carbons (Fsp3) is 0.370. The van der Waals surface area contributed by atoms with Crippen LogP contribution >= 0.6 is 0 Å². The number of pyridine rings is 1. The normalized spacial score (nSPS) is 15.5. The van der Waals surface area contributed by atoms with Gasteiger partial charge in [0, 0.05) is 41.7 Å². The molecule has 0 unspecified atom stereocenters. The van der Waals surface area contributed by atoms with Gasteiger partial charge >= 0.3 is 0 Å². The fourth-order valence-electron chi connectivity index (χ4n) is 5.13. The summed E-state index contributed by atoms with van der Waals surface area (Å²) in [5.74, 6) is 0.601. The molecule has 1 aliphatic rings. The quantitative estimate of drug-likeness (QED) is 0.396. The van der Waals surface area contributed by atoms with Gasteiger partial charge in [-0.25, -0.2) is 4.39 Å². The van der Waals surface area contributed by atoms with Crippen molar-refractivity contribution in [2.75, 3.05) is 7.05 Å². The number of hydrogen-bond acceptors (Lipinski definition) is 4. The molecule has 0 spiro atoms. The second-order valence-corrected chi connectivity index (χ2v) is 9.33. The van der Waals surface area contributed by atoms with Crippen molar-refractivity contribution in [3.8, 4) is 22.3 Å². The summed E-state index contributed by atoms with van der Waals surface area (Å²) in [5.41, 5.74) is 5.54. The Morgan fingerprint density at radius 3 is 2.53 bits per heavy atom. The summed E-state index contributed by atoms with van der Waals surface area (Å²) in [6.07, 6.45) is 7.93. The smallest absolute Gasteiger partial charge is 0.251 e. The van der Waals surface area contributed by atoms with Crippen LogP contribution in [0.4, 0.5) is 4.39 Å². The number of hydrogen-bond donors (Lipinski definition) is 1. The van der Waals surface area contributed by atoms with Crippen LogP contribution in [0.25, 0.3) is 33.3 Å². The van der Waals surface area contributed by atoms with Crippen LogP contribution in [0.1, 0.15) is 53.9 Å². The molecule has 1 amide bonds. The van der Waals surface area contributed by atoms with Crippen molar-refractivity contribution in [2.24, 2.45) is 0 Å². The third-order valence-corrected chi connectivity index (χ3v) is 6.93. The highest BCUT2D eigenvalue weighted by atomic mass is 19.1. The Kier molecular flexibility index (Phi) is 5.71. The first-order valence-corrected chi connectivity index (χ1v) is 11.8. The molecule has 34 heavy (non-hydrogen) atoms. The number of benzene rings is 1. The summed E-state index contributed by atoms with van der Waals surface area (Å²) in [5, 5.41) is 6.72. The Bertz CT molecular complexity index is 1330. The lowest BCUT2D eigenvalue weighted by atomic mass is 9.86. The maximum atomic E-state index is 15.8. The number of rotatable bonds is 5. The van der Waals surface area contributed by atoms with Gasteiger partial charge in [0.1, 0.15) is 11.4 Å². The highest BCUT2D eigenvalue weighted by molar-refractivity contribution is 5.97. The monoisotopic (exact) mass is 460 g/mol. The van der Waals surface area contributed by atoms with Crippen molar-refractivity contribution < 1.29 is 13.7 Å². The maximum Gasteiger partial charge on any atom is 0.251 e. The van der Waals surface area contributed by atoms with Crippen LogP contribution in [0.5, 0.6) is 0 Å². The molecule has 0 aliphatic heterocycles. The predicted octanol–water partition coefficient (Wildman–Crippen LogP) is 6.01. The van der Waals surface area contributed by atoms with E-state index in [1.54, 1.807) is 19.2 Å². The Labute approximate surface area is 198 Å². The summed E-state index contributed by atoms with van der Waals surface area (Å²) < 4.78 is 23.1. The fourth-order valence-corrected chi connectivity index (χ4v) is 5.13. The highest BCUT2D eigenvalue weighted by Crippen LogP contribution is 2.38. The lowest BCUT2D eigenvalue weighted by molar-refractivity contribution is 0.0873. The molecule has 6 nitrogen and oxygen atoms in total. The summed E-state index contributed by atoms with van der Waals surface area (Å²) in [4.78, 5) is 16.8. The number of nitrogens with zero attached hydrogens (tertiary/aromatic N) is 3. The van der Waals surface area contributed by atoms with Crippen LogP contribution in [0.3, 0.4) is 0 Å². The van der Waals surface area contributed by atoms with Gasteiger partial charge in [-0.2, -0.15) is 0 Å². The van der Waals surface area contributed by atoms with Gasteiger partial charge in [-0.3, -0.25) is 9.78 Å². The molecule has 1 aliphatic carbocycles. The largest absolute Gasteiger partial charge is 0.361 e. The topological polar surface area (TPSA) is 73.0 Å². The standard InChI is InChI=1S/C27H29FN4O2/c1-17-24(18(2)34-31-17)21-13-23-25(30-14-21)22(19-7-9-20(10-8-19)26(33)29-3)15-32(23)16-27(28)11-5-4-6-12-27/h7-10,13-15H,4-6,11-12,16H2,1-3H3,(H,29,33). The number of amides is 1. The molecule has 176 valence electrons. The molecule has 5 rings (SSSR count). The van der Waals surface area contributed by atoms with Gasteiger partial charge in [0.15, 0.2) is 0 Å². The molecule has 7 heteroatoms. The van der Waals surface area contributed by atoms with Gasteiger partial charge in [-0.1, -0.05) is 36.6 Å². The van der Waals surface area contributed by atoms with E-state index in [2.05, 4.69) is 16.5 Å². The molecular formula is C27H29FN4O2. The lowest BCUT2D eigenvalue weighted by Gasteiger charge is -2.30. The van der Waals surface area contributed by atoms with Crippen molar-refractivity contribution in [1.82, 2.24) is 20.0 Å². The van der Waals surface area contributed by atoms with E-state index in [1.165, 1.54) is 0 Å². The van der Waals surface area contributed by atoms with Gasteiger partial charge in [0.25, 0.3) is 5.91 Å². The van der Waals surface area contributed by atoms with Gasteiger partial charge in [-0.05, 0) is 50.5 Å². The average Bonchev–Trinajstić information content (AvgIpc) is 3.37. The summed E-state index contributed by atoms with van der Waals surface area (Å²) >= 11 is 0. The summed E-state index contributed by atoms with van der Waals surface area (Å²) in [7, 11) is 1.61. The molecule has 3 aromatic heterocycles. The van der Waals surface area contributed by atoms with Crippen LogP contribution < -0.4 is 5.32 Å². The van der Waals surface area contributed by atoms with E-state index in [9.17, 15) is 4.79 Å². The Morgan fingerprint density at radius 2 is 1.88 bits per heavy atom. The van der Waals surface area contributed by atoms with Crippen LogP contribution in [0, 0.1) is 13.8 Å². The number of nitrogens with one attached hydrogen (secondary N) is 1. The van der Waals surface area contributed by atoms with E-state index >= 15 is 4.39 Å². The van der Waals surface area contributed by atoms with E-state index in [1.807, 2.05) is 42.9 Å². The highest BCUT2D eigenvalue weighted by Gasteiger charge is 2.33. The van der Waals surface area contributed by atoms with Crippen LogP contribution in [0.2, 0.25) is 0 Å². The first kappa shape index (κ1) is 22.3. The molecule has 1 saturated carbocycles. The first-order valence-electron chi connectivity index (χ1n) is 11.8. The minimum absolute atomic E-state index is 0.132. The number of fused-ring (bicyclic) bond motifs is 1. The minimum Gasteiger partial charge on any atom is -0.361 e. The van der Waals surface area contributed by atoms with Crippen molar-refractivity contribution in [2.45, 2.75) is 58.2 Å². The second-order valence-electron chi connectivity index (χ2n) is 9.33. The molecule has 0 atom stereocenters. The third kappa shape index (κ3) is 4.00. The molecule has 4 aromatic rings. The summed E-state index contributed by atoms with van der Waals surface area (Å²) in [6.45, 7) is 4.09. The Morgan fingerprint density at radius 1 is 1.15 bits per heavy atom. The molecule has 0 bridgehead atoms. The number of halogens is 1. The SMILES string of the molecule is CNC(=O)c1ccc(-c2cn(CC3(F)CCCCC3)c3cc(-c4c(C)noc4C)cnc23)cc1. The zero-order valence-corrected chi connectivity index (χ0v) is 19.8. The molecular weight excluding hydrogens is 431 g/mol. The molecule has 1 N–H and O–H groups in total. The van der Waals surface area contributed by atoms with E-state index in [4.69, 9.17) is 9.51 Å². The number of alkyl halides is 1. The number of aryl methyl sites for hydroxylation is 2. The number of aromatic nitrogens is 3. The van der Waals surface area contributed by atoms with E-state index in [-0.39, 0.29) is 5.91 Å². The first-order chi connectivity index (χ1) is 16.4. The van der Waals surface area contributed by atoms with E-state index in [0.717, 1.165) is 64.0 Å². The number of carbonyl (C=O) groups excluding carboxylic acids is 1. The van der Waals surface area contributed by atoms with Crippen molar-refractivity contribution in [1.29, 1.82) is 0 Å². The van der Waals surface area contributed by atoms with Gasteiger partial charge in [-0.15, -0.1) is 0 Å². The zero-order chi connectivity index (χ0) is 23.9. The van der Waals surface area contributed by atoms with Crippen molar-refractivity contribution in [3.63, 3.8) is 0 Å². The maximum absolute atomic E-state index is 15.8. The van der Waals surface area contributed by atoms with Gasteiger partial charge in [0.2, 0.25) is 0 Å². The third-order valence-electron chi connectivity index (χ3n) is 6.93. The van der Waals surface area contributed by atoms with Crippen molar-refractivity contribution in [3.05, 3.63) is 59.7 Å². The average molecular weight is 461 g/mol. The zero-order valence-electron chi connectivity index (χ0n) is 19.8. The van der Waals surface area contributed by atoms with Crippen molar-refractivity contribution >= 4 is 16.9 Å². The predicted molar refractivity (Wildman–Crippen MR) is 130 cm³/mol. The molecule has 1 aromatic carbocycles. The van der Waals surface area contributed by atoms with Crippen LogP contribution in [-0.2, 0) is 6.54 Å². The van der Waals surface area contributed by atoms with Crippen LogP contribution in [0.15, 0.2) is 47.2 Å². The lowest BCUT2D eigenvalue weighted by Crippen LogP contribution is -2.31. The molecule has 0 radical (unpaired) electrons. The Hall–Kier alpha value is -3.48. The van der Waals surface area contributed by atoms with Gasteiger partial charge in [0.05, 0.1) is 23.3 Å². The second kappa shape index (κ2) is 8.70. The van der Waals surface area contributed by atoms with E-state index in [0.29, 0.717) is 24.9 Å². The summed E-state index contributed by atoms with van der Waals surface area (Å²) in [6, 6.07) is 9.49. The number of carbonyl (C=O) groups is 1. The van der Waals surface area contributed by atoms with Crippen LogP contribution in [-0.4, -0.2) is 33.3 Å². The Balaban J connectivity index is 1.63. The minimum atomic E-state index is -1.22. The van der Waals surface area contributed by atoms with E-state index < -0.39 is 5.67 Å². The molecule has 1 fully saturated rings. The molecule has 0 saturated heterocycles.